The van der Waals surface area contributed by atoms with E-state index in [0.29, 0.717) is 17.4 Å². The molecule has 1 aromatic carbocycles. The van der Waals surface area contributed by atoms with Crippen molar-refractivity contribution in [1.82, 2.24) is 9.62 Å². The third-order valence-corrected chi connectivity index (χ3v) is 5.21. The molecule has 0 aliphatic heterocycles. The van der Waals surface area contributed by atoms with Crippen LogP contribution >= 0.6 is 0 Å². The number of hydrogen-bond donors (Lipinski definition) is 1. The average molecular weight is 312 g/mol. The van der Waals surface area contributed by atoms with Crippen LogP contribution in [0.3, 0.4) is 0 Å². The van der Waals surface area contributed by atoms with E-state index in [1.807, 2.05) is 26.0 Å². The molecule has 1 rings (SSSR count). The smallest absolute Gasteiger partial charge is 0.242 e. The highest BCUT2D eigenvalue weighted by atomic mass is 32.2. The molecule has 21 heavy (non-hydrogen) atoms. The topological polar surface area (TPSA) is 49.4 Å². The van der Waals surface area contributed by atoms with Crippen molar-refractivity contribution < 1.29 is 8.42 Å². The van der Waals surface area contributed by atoms with Crippen LogP contribution in [-0.4, -0.2) is 32.9 Å². The minimum Gasteiger partial charge on any atom is -0.310 e. The Morgan fingerprint density at radius 2 is 1.90 bits per heavy atom. The van der Waals surface area contributed by atoms with Crippen molar-refractivity contribution >= 4 is 10.0 Å². The largest absolute Gasteiger partial charge is 0.310 e. The first-order chi connectivity index (χ1) is 9.78. The highest BCUT2D eigenvalue weighted by Crippen LogP contribution is 2.20. The summed E-state index contributed by atoms with van der Waals surface area (Å²) in [5.41, 5.74) is 1.00. The van der Waals surface area contributed by atoms with Crippen molar-refractivity contribution in [2.45, 2.75) is 45.1 Å². The van der Waals surface area contributed by atoms with Gasteiger partial charge in [0.1, 0.15) is 0 Å². The lowest BCUT2D eigenvalue weighted by Gasteiger charge is -2.20. The fraction of sp³-hybridized carbons (Fsp3) is 0.625. The Morgan fingerprint density at radius 1 is 1.24 bits per heavy atom. The van der Waals surface area contributed by atoms with Crippen LogP contribution in [-0.2, 0) is 10.0 Å². The molecule has 0 aliphatic rings. The summed E-state index contributed by atoms with van der Waals surface area (Å²) in [5.74, 6) is 0.304. The number of sulfonamides is 1. The van der Waals surface area contributed by atoms with Crippen molar-refractivity contribution in [2.24, 2.45) is 5.92 Å². The van der Waals surface area contributed by atoms with Gasteiger partial charge in [-0.1, -0.05) is 32.9 Å². The zero-order valence-corrected chi connectivity index (χ0v) is 14.6. The van der Waals surface area contributed by atoms with E-state index in [-0.39, 0.29) is 6.04 Å². The zero-order valence-electron chi connectivity index (χ0n) is 13.8. The van der Waals surface area contributed by atoms with Crippen LogP contribution < -0.4 is 5.32 Å². The highest BCUT2D eigenvalue weighted by molar-refractivity contribution is 7.89. The maximum absolute atomic E-state index is 12.6. The molecule has 0 saturated heterocycles. The van der Waals surface area contributed by atoms with Gasteiger partial charge in [-0.15, -0.1) is 0 Å². The standard InChI is InChI=1S/C16H28N2O2S/c1-6-10-17-14(4)15-8-7-9-16(11-15)21(19,20)18(5)12-13(2)3/h7-9,11,13-14,17H,6,10,12H2,1-5H3. The monoisotopic (exact) mass is 312 g/mol. The maximum atomic E-state index is 12.6. The zero-order chi connectivity index (χ0) is 16.0. The number of benzene rings is 1. The first-order valence-electron chi connectivity index (χ1n) is 7.58. The van der Waals surface area contributed by atoms with Gasteiger partial charge in [0.2, 0.25) is 10.0 Å². The summed E-state index contributed by atoms with van der Waals surface area (Å²) in [7, 11) is -1.77. The molecule has 0 heterocycles. The van der Waals surface area contributed by atoms with E-state index < -0.39 is 10.0 Å². The fourth-order valence-corrected chi connectivity index (χ4v) is 3.61. The Balaban J connectivity index is 2.98. The molecule has 0 saturated carbocycles. The molecular formula is C16H28N2O2S. The molecule has 1 atom stereocenters. The van der Waals surface area contributed by atoms with Crippen molar-refractivity contribution in [3.63, 3.8) is 0 Å². The molecule has 120 valence electrons. The normalized spacial score (nSPS) is 13.9. The average Bonchev–Trinajstić information content (AvgIpc) is 2.44. The highest BCUT2D eigenvalue weighted by Gasteiger charge is 2.22. The van der Waals surface area contributed by atoms with Gasteiger partial charge in [-0.25, -0.2) is 12.7 Å². The minimum absolute atomic E-state index is 0.149. The summed E-state index contributed by atoms with van der Waals surface area (Å²) in [6.07, 6.45) is 1.06. The van der Waals surface area contributed by atoms with Crippen LogP contribution in [0.25, 0.3) is 0 Å². The number of rotatable bonds is 8. The Morgan fingerprint density at radius 3 is 2.48 bits per heavy atom. The van der Waals surface area contributed by atoms with E-state index in [1.54, 1.807) is 19.2 Å². The molecule has 0 bridgehead atoms. The third-order valence-electron chi connectivity index (χ3n) is 3.39. The molecule has 0 aromatic heterocycles. The first kappa shape index (κ1) is 18.1. The van der Waals surface area contributed by atoms with Gasteiger partial charge in [0.15, 0.2) is 0 Å². The van der Waals surface area contributed by atoms with Crippen LogP contribution in [0.15, 0.2) is 29.2 Å². The van der Waals surface area contributed by atoms with Crippen LogP contribution in [0.1, 0.15) is 45.7 Å². The number of nitrogens with one attached hydrogen (secondary N) is 1. The quantitative estimate of drug-likeness (QED) is 0.803. The van der Waals surface area contributed by atoms with Gasteiger partial charge in [-0.05, 0) is 43.5 Å². The SMILES string of the molecule is CCCNC(C)c1cccc(S(=O)(=O)N(C)CC(C)C)c1. The Hall–Kier alpha value is -0.910. The molecule has 0 spiro atoms. The Labute approximate surface area is 129 Å². The van der Waals surface area contributed by atoms with Crippen molar-refractivity contribution in [3.05, 3.63) is 29.8 Å². The van der Waals surface area contributed by atoms with Crippen LogP contribution in [0.5, 0.6) is 0 Å². The summed E-state index contributed by atoms with van der Waals surface area (Å²) in [6.45, 7) is 9.64. The van der Waals surface area contributed by atoms with Gasteiger partial charge in [-0.3, -0.25) is 0 Å². The molecule has 0 amide bonds. The molecule has 1 N–H and O–H groups in total. The van der Waals surface area contributed by atoms with E-state index in [1.165, 1.54) is 4.31 Å². The lowest BCUT2D eigenvalue weighted by Crippen LogP contribution is -2.30. The van der Waals surface area contributed by atoms with Gasteiger partial charge < -0.3 is 5.32 Å². The second-order valence-electron chi connectivity index (χ2n) is 5.93. The fourth-order valence-electron chi connectivity index (χ4n) is 2.22. The van der Waals surface area contributed by atoms with E-state index in [2.05, 4.69) is 19.2 Å². The van der Waals surface area contributed by atoms with E-state index in [0.717, 1.165) is 18.5 Å². The van der Waals surface area contributed by atoms with Crippen molar-refractivity contribution in [1.29, 1.82) is 0 Å². The van der Waals surface area contributed by atoms with Crippen LogP contribution in [0, 0.1) is 5.92 Å². The summed E-state index contributed by atoms with van der Waals surface area (Å²) in [6, 6.07) is 7.38. The van der Waals surface area contributed by atoms with Crippen LogP contribution in [0.2, 0.25) is 0 Å². The second kappa shape index (κ2) is 7.92. The summed E-state index contributed by atoms with van der Waals surface area (Å²) >= 11 is 0. The summed E-state index contributed by atoms with van der Waals surface area (Å²) in [5, 5.41) is 3.38. The summed E-state index contributed by atoms with van der Waals surface area (Å²) < 4.78 is 26.6. The van der Waals surface area contributed by atoms with Crippen molar-refractivity contribution in [2.75, 3.05) is 20.1 Å². The lowest BCUT2D eigenvalue weighted by atomic mass is 10.1. The van der Waals surface area contributed by atoms with E-state index in [4.69, 9.17) is 0 Å². The second-order valence-corrected chi connectivity index (χ2v) is 7.97. The van der Waals surface area contributed by atoms with Crippen molar-refractivity contribution in [3.8, 4) is 0 Å². The predicted octanol–water partition coefficient (Wildman–Crippen LogP) is 3.02. The molecule has 0 radical (unpaired) electrons. The van der Waals surface area contributed by atoms with Crippen LogP contribution in [0.4, 0.5) is 0 Å². The van der Waals surface area contributed by atoms with Gasteiger partial charge in [0.05, 0.1) is 4.90 Å². The maximum Gasteiger partial charge on any atom is 0.242 e. The molecule has 1 aromatic rings. The predicted molar refractivity (Wildman–Crippen MR) is 87.8 cm³/mol. The lowest BCUT2D eigenvalue weighted by molar-refractivity contribution is 0.417. The molecule has 0 fully saturated rings. The number of hydrogen-bond acceptors (Lipinski definition) is 3. The number of nitrogens with zero attached hydrogens (tertiary/aromatic N) is 1. The molecule has 1 unspecified atom stereocenters. The van der Waals surface area contributed by atoms with Gasteiger partial charge in [0.25, 0.3) is 0 Å². The minimum atomic E-state index is -3.41. The van der Waals surface area contributed by atoms with Gasteiger partial charge in [-0.2, -0.15) is 0 Å². The molecule has 4 nitrogen and oxygen atoms in total. The molecule has 0 aliphatic carbocycles. The summed E-state index contributed by atoms with van der Waals surface area (Å²) in [4.78, 5) is 0.369. The Kier molecular flexibility index (Phi) is 6.84. The van der Waals surface area contributed by atoms with Gasteiger partial charge >= 0.3 is 0 Å². The van der Waals surface area contributed by atoms with E-state index >= 15 is 0 Å². The Bertz CT molecular complexity index is 541. The third kappa shape index (κ3) is 5.09. The molecular weight excluding hydrogens is 284 g/mol. The molecule has 5 heteroatoms. The first-order valence-corrected chi connectivity index (χ1v) is 9.02. The van der Waals surface area contributed by atoms with E-state index in [9.17, 15) is 8.42 Å². The van der Waals surface area contributed by atoms with Gasteiger partial charge in [0, 0.05) is 19.6 Å².